The van der Waals surface area contributed by atoms with Crippen LogP contribution in [0.3, 0.4) is 0 Å². The van der Waals surface area contributed by atoms with E-state index in [4.69, 9.17) is 27.5 Å². The molecule has 0 unspecified atom stereocenters. The number of halogens is 1. The van der Waals surface area contributed by atoms with Crippen molar-refractivity contribution in [2.75, 3.05) is 0 Å². The van der Waals surface area contributed by atoms with Crippen molar-refractivity contribution in [1.29, 1.82) is 5.41 Å². The Balaban J connectivity index is 2.10. The molecule has 4 heteroatoms. The van der Waals surface area contributed by atoms with Crippen LogP contribution >= 0.6 is 11.6 Å². The second-order valence-electron chi connectivity index (χ2n) is 4.75. The zero-order valence-electron chi connectivity index (χ0n) is 11.5. The van der Waals surface area contributed by atoms with Gasteiger partial charge in [0.05, 0.1) is 0 Å². The molecule has 104 valence electrons. The van der Waals surface area contributed by atoms with E-state index >= 15 is 0 Å². The molecule has 0 heterocycles. The standard InChI is InChI=1S/C16H17ClN2O/c1-10-7-12(16(18)19)3-4-13(10)9-20-14-5-6-15(17)11(2)8-14/h3-8H,9H2,1-2H3,(H3,18,19). The molecule has 0 aliphatic rings. The number of nitrogens with two attached hydrogens (primary N) is 1. The Morgan fingerprint density at radius 2 is 1.90 bits per heavy atom. The second kappa shape index (κ2) is 5.97. The second-order valence-corrected chi connectivity index (χ2v) is 5.16. The van der Waals surface area contributed by atoms with Crippen LogP contribution in [0.1, 0.15) is 22.3 Å². The Labute approximate surface area is 123 Å². The molecule has 2 aromatic rings. The average molecular weight is 289 g/mol. The van der Waals surface area contributed by atoms with E-state index in [-0.39, 0.29) is 5.84 Å². The first-order valence-electron chi connectivity index (χ1n) is 6.30. The van der Waals surface area contributed by atoms with Crippen molar-refractivity contribution in [3.63, 3.8) is 0 Å². The first-order valence-corrected chi connectivity index (χ1v) is 6.68. The molecule has 0 aliphatic heterocycles. The van der Waals surface area contributed by atoms with Crippen LogP contribution < -0.4 is 10.5 Å². The van der Waals surface area contributed by atoms with Gasteiger partial charge in [0, 0.05) is 10.6 Å². The van der Waals surface area contributed by atoms with Crippen LogP contribution in [0.4, 0.5) is 0 Å². The topological polar surface area (TPSA) is 59.1 Å². The van der Waals surface area contributed by atoms with Gasteiger partial charge in [-0.1, -0.05) is 23.7 Å². The van der Waals surface area contributed by atoms with E-state index in [1.807, 2.05) is 50.2 Å². The molecule has 2 rings (SSSR count). The summed E-state index contributed by atoms with van der Waals surface area (Å²) in [5.41, 5.74) is 9.32. The van der Waals surface area contributed by atoms with Crippen molar-refractivity contribution >= 4 is 17.4 Å². The van der Waals surface area contributed by atoms with E-state index in [2.05, 4.69) is 0 Å². The molecule has 0 spiro atoms. The van der Waals surface area contributed by atoms with E-state index < -0.39 is 0 Å². The summed E-state index contributed by atoms with van der Waals surface area (Å²) in [5, 5.41) is 8.15. The normalized spacial score (nSPS) is 10.3. The lowest BCUT2D eigenvalue weighted by Crippen LogP contribution is -2.11. The Hall–Kier alpha value is -2.00. The maximum absolute atomic E-state index is 7.42. The van der Waals surface area contributed by atoms with Crippen molar-refractivity contribution in [2.24, 2.45) is 5.73 Å². The molecule has 0 saturated heterocycles. The van der Waals surface area contributed by atoms with Crippen LogP contribution in [0.15, 0.2) is 36.4 Å². The summed E-state index contributed by atoms with van der Waals surface area (Å²) in [7, 11) is 0. The molecule has 3 N–H and O–H groups in total. The highest BCUT2D eigenvalue weighted by Gasteiger charge is 2.04. The number of aryl methyl sites for hydroxylation is 2. The van der Waals surface area contributed by atoms with Gasteiger partial charge in [-0.3, -0.25) is 5.41 Å². The highest BCUT2D eigenvalue weighted by molar-refractivity contribution is 6.31. The van der Waals surface area contributed by atoms with Gasteiger partial charge in [-0.05, 0) is 54.8 Å². The van der Waals surface area contributed by atoms with Crippen LogP contribution in [-0.4, -0.2) is 5.84 Å². The molecule has 0 bridgehead atoms. The lowest BCUT2D eigenvalue weighted by molar-refractivity contribution is 0.305. The molecule has 0 atom stereocenters. The van der Waals surface area contributed by atoms with E-state index in [1.54, 1.807) is 0 Å². The minimum absolute atomic E-state index is 0.0777. The third-order valence-electron chi connectivity index (χ3n) is 3.18. The summed E-state index contributed by atoms with van der Waals surface area (Å²) in [5.74, 6) is 0.871. The van der Waals surface area contributed by atoms with Crippen LogP contribution in [0.5, 0.6) is 5.75 Å². The molecular formula is C16H17ClN2O. The smallest absolute Gasteiger partial charge is 0.122 e. The quantitative estimate of drug-likeness (QED) is 0.664. The molecule has 0 saturated carbocycles. The lowest BCUT2D eigenvalue weighted by Gasteiger charge is -2.11. The van der Waals surface area contributed by atoms with Crippen LogP contribution in [-0.2, 0) is 6.61 Å². The van der Waals surface area contributed by atoms with Gasteiger partial charge in [-0.2, -0.15) is 0 Å². The van der Waals surface area contributed by atoms with Gasteiger partial charge in [-0.15, -0.1) is 0 Å². The molecule has 0 amide bonds. The Morgan fingerprint density at radius 1 is 1.15 bits per heavy atom. The van der Waals surface area contributed by atoms with Gasteiger partial charge in [0.1, 0.15) is 18.2 Å². The number of amidine groups is 1. The first kappa shape index (κ1) is 14.4. The molecule has 20 heavy (non-hydrogen) atoms. The van der Waals surface area contributed by atoms with E-state index in [9.17, 15) is 0 Å². The third-order valence-corrected chi connectivity index (χ3v) is 3.60. The van der Waals surface area contributed by atoms with E-state index in [1.165, 1.54) is 0 Å². The zero-order chi connectivity index (χ0) is 14.7. The lowest BCUT2D eigenvalue weighted by atomic mass is 10.1. The molecular weight excluding hydrogens is 272 g/mol. The van der Waals surface area contributed by atoms with Crippen molar-refractivity contribution in [2.45, 2.75) is 20.5 Å². The van der Waals surface area contributed by atoms with Gasteiger partial charge in [0.15, 0.2) is 0 Å². The molecule has 2 aromatic carbocycles. The zero-order valence-corrected chi connectivity index (χ0v) is 12.3. The maximum atomic E-state index is 7.42. The minimum atomic E-state index is 0.0777. The Morgan fingerprint density at radius 3 is 2.50 bits per heavy atom. The predicted molar refractivity (Wildman–Crippen MR) is 82.7 cm³/mol. The molecule has 0 radical (unpaired) electrons. The predicted octanol–water partition coefficient (Wildman–Crippen LogP) is 3.82. The van der Waals surface area contributed by atoms with Crippen molar-refractivity contribution in [3.05, 3.63) is 63.7 Å². The summed E-state index contributed by atoms with van der Waals surface area (Å²) in [4.78, 5) is 0. The van der Waals surface area contributed by atoms with Crippen molar-refractivity contribution in [1.82, 2.24) is 0 Å². The maximum Gasteiger partial charge on any atom is 0.122 e. The van der Waals surface area contributed by atoms with Crippen LogP contribution in [0.25, 0.3) is 0 Å². The van der Waals surface area contributed by atoms with Gasteiger partial charge >= 0.3 is 0 Å². The van der Waals surface area contributed by atoms with E-state index in [0.29, 0.717) is 6.61 Å². The number of nitrogen functional groups attached to an aromatic ring is 1. The summed E-state index contributed by atoms with van der Waals surface area (Å²) in [6.07, 6.45) is 0. The largest absolute Gasteiger partial charge is 0.489 e. The summed E-state index contributed by atoms with van der Waals surface area (Å²) in [6, 6.07) is 11.3. The Bertz CT molecular complexity index is 653. The van der Waals surface area contributed by atoms with Gasteiger partial charge in [0.25, 0.3) is 0 Å². The monoisotopic (exact) mass is 288 g/mol. The molecule has 0 fully saturated rings. The fraction of sp³-hybridized carbons (Fsp3) is 0.188. The Kier molecular flexibility index (Phi) is 4.30. The minimum Gasteiger partial charge on any atom is -0.489 e. The van der Waals surface area contributed by atoms with Crippen molar-refractivity contribution < 1.29 is 4.74 Å². The summed E-state index contributed by atoms with van der Waals surface area (Å²) >= 11 is 5.98. The fourth-order valence-electron chi connectivity index (χ4n) is 1.89. The molecule has 0 aliphatic carbocycles. The van der Waals surface area contributed by atoms with Crippen LogP contribution in [0, 0.1) is 19.3 Å². The van der Waals surface area contributed by atoms with Gasteiger partial charge in [0.2, 0.25) is 0 Å². The first-order chi connectivity index (χ1) is 9.47. The van der Waals surface area contributed by atoms with Crippen molar-refractivity contribution in [3.8, 4) is 5.75 Å². The third kappa shape index (κ3) is 3.31. The number of hydrogen-bond acceptors (Lipinski definition) is 2. The highest BCUT2D eigenvalue weighted by atomic mass is 35.5. The summed E-state index contributed by atoms with van der Waals surface area (Å²) in [6.45, 7) is 4.41. The van der Waals surface area contributed by atoms with Gasteiger partial charge in [-0.25, -0.2) is 0 Å². The van der Waals surface area contributed by atoms with E-state index in [0.717, 1.165) is 33.0 Å². The van der Waals surface area contributed by atoms with Gasteiger partial charge < -0.3 is 10.5 Å². The number of hydrogen-bond donors (Lipinski definition) is 2. The fourth-order valence-corrected chi connectivity index (χ4v) is 2.01. The number of benzene rings is 2. The summed E-state index contributed by atoms with van der Waals surface area (Å²) < 4.78 is 5.77. The number of nitrogens with one attached hydrogen (secondary N) is 1. The number of rotatable bonds is 4. The SMILES string of the molecule is Cc1cc(OCc2ccc(C(=N)N)cc2C)ccc1Cl. The average Bonchev–Trinajstić information content (AvgIpc) is 2.41. The van der Waals surface area contributed by atoms with Crippen LogP contribution in [0.2, 0.25) is 5.02 Å². The highest BCUT2D eigenvalue weighted by Crippen LogP contribution is 2.22. The number of ether oxygens (including phenoxy) is 1. The molecule has 0 aromatic heterocycles. The molecule has 3 nitrogen and oxygen atoms in total.